The van der Waals surface area contributed by atoms with E-state index in [9.17, 15) is 10.1 Å². The molecule has 0 aliphatic rings. The highest BCUT2D eigenvalue weighted by molar-refractivity contribution is 5.78. The molecule has 0 fully saturated rings. The van der Waals surface area contributed by atoms with Crippen molar-refractivity contribution in [1.82, 2.24) is 14.5 Å². The Balaban J connectivity index is 1.94. The van der Waals surface area contributed by atoms with Crippen molar-refractivity contribution in [2.24, 2.45) is 0 Å². The van der Waals surface area contributed by atoms with E-state index in [0.717, 1.165) is 30.0 Å². The topological polar surface area (TPSA) is 83.1 Å². The summed E-state index contributed by atoms with van der Waals surface area (Å²) in [5, 5.41) is 11.0. The number of nitrogens with zero attached hydrogens (tertiary/aromatic N) is 4. The van der Waals surface area contributed by atoms with Gasteiger partial charge in [0.2, 0.25) is 0 Å². The second-order valence-corrected chi connectivity index (χ2v) is 5.90. The number of nitro groups is 1. The number of non-ortho nitro benzene ring substituents is 1. The second-order valence-electron chi connectivity index (χ2n) is 5.90. The third-order valence-corrected chi connectivity index (χ3v) is 3.96. The van der Waals surface area contributed by atoms with Crippen molar-refractivity contribution in [1.29, 1.82) is 0 Å². The number of imidazole rings is 1. The van der Waals surface area contributed by atoms with E-state index in [1.54, 1.807) is 12.4 Å². The lowest BCUT2D eigenvalue weighted by Gasteiger charge is -2.12. The van der Waals surface area contributed by atoms with Gasteiger partial charge >= 0.3 is 0 Å². The number of ether oxygens (including phenoxy) is 1. The fourth-order valence-electron chi connectivity index (χ4n) is 2.61. The highest BCUT2D eigenvalue weighted by Crippen LogP contribution is 2.23. The van der Waals surface area contributed by atoms with Crippen LogP contribution in [0.5, 0.6) is 5.75 Å². The Labute approximate surface area is 145 Å². The molecule has 7 heteroatoms. The van der Waals surface area contributed by atoms with Crippen molar-refractivity contribution < 1.29 is 9.66 Å². The molecule has 3 aromatic rings. The third kappa shape index (κ3) is 3.76. The SMILES string of the molecule is CCCCOc1ccc(C)nc1Cn1cnc2ccc([N+](=O)[O-])cc21. The lowest BCUT2D eigenvalue weighted by atomic mass is 10.2. The van der Waals surface area contributed by atoms with Crippen molar-refractivity contribution in [3.8, 4) is 5.75 Å². The van der Waals surface area contributed by atoms with E-state index in [-0.39, 0.29) is 5.69 Å². The Kier molecular flexibility index (Phi) is 4.92. The minimum absolute atomic E-state index is 0.0471. The molecule has 1 aromatic carbocycles. The van der Waals surface area contributed by atoms with Gasteiger partial charge in [0.15, 0.2) is 0 Å². The molecule has 130 valence electrons. The van der Waals surface area contributed by atoms with E-state index in [2.05, 4.69) is 16.9 Å². The number of fused-ring (bicyclic) bond motifs is 1. The first-order valence-electron chi connectivity index (χ1n) is 8.27. The molecule has 0 atom stereocenters. The molecule has 0 amide bonds. The molecule has 0 bridgehead atoms. The van der Waals surface area contributed by atoms with Gasteiger partial charge in [0, 0.05) is 17.8 Å². The maximum absolute atomic E-state index is 11.0. The van der Waals surface area contributed by atoms with Crippen LogP contribution < -0.4 is 4.74 Å². The molecule has 0 unspecified atom stereocenters. The van der Waals surface area contributed by atoms with E-state index in [0.29, 0.717) is 24.2 Å². The summed E-state index contributed by atoms with van der Waals surface area (Å²) in [4.78, 5) is 19.5. The first kappa shape index (κ1) is 16.9. The highest BCUT2D eigenvalue weighted by atomic mass is 16.6. The Hall–Kier alpha value is -2.96. The van der Waals surface area contributed by atoms with Crippen molar-refractivity contribution in [3.05, 3.63) is 58.2 Å². The van der Waals surface area contributed by atoms with E-state index < -0.39 is 4.92 Å². The molecule has 3 rings (SSSR count). The van der Waals surface area contributed by atoms with Crippen LogP contribution in [-0.4, -0.2) is 26.1 Å². The van der Waals surface area contributed by atoms with Crippen molar-refractivity contribution >= 4 is 16.7 Å². The second kappa shape index (κ2) is 7.29. The molecule has 0 saturated heterocycles. The lowest BCUT2D eigenvalue weighted by molar-refractivity contribution is -0.384. The van der Waals surface area contributed by atoms with Crippen molar-refractivity contribution in [3.63, 3.8) is 0 Å². The zero-order valence-electron chi connectivity index (χ0n) is 14.3. The lowest BCUT2D eigenvalue weighted by Crippen LogP contribution is -2.07. The first-order chi connectivity index (χ1) is 12.1. The molecule has 0 N–H and O–H groups in total. The molecule has 2 aromatic heterocycles. The van der Waals surface area contributed by atoms with Gasteiger partial charge in [0.25, 0.3) is 5.69 Å². The normalized spacial score (nSPS) is 11.0. The van der Waals surface area contributed by atoms with Gasteiger partial charge in [-0.15, -0.1) is 0 Å². The van der Waals surface area contributed by atoms with Crippen LogP contribution in [0.3, 0.4) is 0 Å². The van der Waals surface area contributed by atoms with Crippen LogP contribution in [0.2, 0.25) is 0 Å². The number of pyridine rings is 1. The number of nitro benzene ring substituents is 1. The van der Waals surface area contributed by atoms with Gasteiger partial charge in [-0.1, -0.05) is 13.3 Å². The van der Waals surface area contributed by atoms with Gasteiger partial charge in [0.05, 0.1) is 35.4 Å². The number of hydrogen-bond acceptors (Lipinski definition) is 5. The standard InChI is InChI=1S/C18H20N4O3/c1-3-4-9-25-18-8-5-13(2)20-16(18)11-21-12-19-15-7-6-14(22(23)24)10-17(15)21/h5-8,10,12H,3-4,9,11H2,1-2H3. The number of rotatable bonds is 7. The molecule has 25 heavy (non-hydrogen) atoms. The van der Waals surface area contributed by atoms with Gasteiger partial charge in [-0.3, -0.25) is 15.1 Å². The van der Waals surface area contributed by atoms with Crippen LogP contribution in [0, 0.1) is 17.0 Å². The highest BCUT2D eigenvalue weighted by Gasteiger charge is 2.13. The molecule has 0 saturated carbocycles. The molecule has 0 aliphatic heterocycles. The summed E-state index contributed by atoms with van der Waals surface area (Å²) < 4.78 is 7.71. The van der Waals surface area contributed by atoms with Crippen LogP contribution in [0.15, 0.2) is 36.7 Å². The fraction of sp³-hybridized carbons (Fsp3) is 0.333. The van der Waals surface area contributed by atoms with Gasteiger partial charge < -0.3 is 9.30 Å². The smallest absolute Gasteiger partial charge is 0.271 e. The van der Waals surface area contributed by atoms with E-state index in [1.165, 1.54) is 12.1 Å². The summed E-state index contributed by atoms with van der Waals surface area (Å²) in [6.07, 6.45) is 3.71. The van der Waals surface area contributed by atoms with E-state index in [4.69, 9.17) is 4.74 Å². The van der Waals surface area contributed by atoms with E-state index in [1.807, 2.05) is 23.6 Å². The number of aromatic nitrogens is 3. The van der Waals surface area contributed by atoms with Crippen molar-refractivity contribution in [2.45, 2.75) is 33.2 Å². The Bertz CT molecular complexity index is 904. The summed E-state index contributed by atoms with van der Waals surface area (Å²) in [6, 6.07) is 8.50. The number of hydrogen-bond donors (Lipinski definition) is 0. The van der Waals surface area contributed by atoms with Crippen LogP contribution in [0.1, 0.15) is 31.2 Å². The van der Waals surface area contributed by atoms with Crippen LogP contribution >= 0.6 is 0 Å². The number of unbranched alkanes of at least 4 members (excludes halogenated alkanes) is 1. The summed E-state index contributed by atoms with van der Waals surface area (Å²) in [6.45, 7) is 5.13. The van der Waals surface area contributed by atoms with Crippen LogP contribution in [-0.2, 0) is 6.54 Å². The molecule has 0 spiro atoms. The predicted molar refractivity (Wildman–Crippen MR) is 94.9 cm³/mol. The Morgan fingerprint density at radius 2 is 2.12 bits per heavy atom. The average Bonchev–Trinajstić information content (AvgIpc) is 2.99. The quantitative estimate of drug-likeness (QED) is 0.370. The zero-order chi connectivity index (χ0) is 17.8. The number of benzene rings is 1. The Morgan fingerprint density at radius 3 is 2.88 bits per heavy atom. The molecule has 2 heterocycles. The maximum atomic E-state index is 11.0. The van der Waals surface area contributed by atoms with Crippen LogP contribution in [0.4, 0.5) is 5.69 Å². The van der Waals surface area contributed by atoms with Crippen LogP contribution in [0.25, 0.3) is 11.0 Å². The third-order valence-electron chi connectivity index (χ3n) is 3.96. The number of aryl methyl sites for hydroxylation is 1. The molecule has 0 aliphatic carbocycles. The average molecular weight is 340 g/mol. The predicted octanol–water partition coefficient (Wildman–Crippen LogP) is 3.88. The summed E-state index contributed by atoms with van der Waals surface area (Å²) in [5.41, 5.74) is 3.16. The van der Waals surface area contributed by atoms with Gasteiger partial charge in [0.1, 0.15) is 11.4 Å². The molecule has 0 radical (unpaired) electrons. The minimum atomic E-state index is -0.402. The monoisotopic (exact) mass is 340 g/mol. The molecular weight excluding hydrogens is 320 g/mol. The van der Waals surface area contributed by atoms with Crippen molar-refractivity contribution in [2.75, 3.05) is 6.61 Å². The first-order valence-corrected chi connectivity index (χ1v) is 8.27. The van der Waals surface area contributed by atoms with Gasteiger partial charge in [-0.25, -0.2) is 4.98 Å². The summed E-state index contributed by atoms with van der Waals surface area (Å²) in [7, 11) is 0. The largest absolute Gasteiger partial charge is 0.492 e. The van der Waals surface area contributed by atoms with E-state index >= 15 is 0 Å². The van der Waals surface area contributed by atoms with Gasteiger partial charge in [-0.05, 0) is 31.5 Å². The Morgan fingerprint density at radius 1 is 1.28 bits per heavy atom. The fourth-order valence-corrected chi connectivity index (χ4v) is 2.61. The zero-order valence-corrected chi connectivity index (χ0v) is 14.3. The minimum Gasteiger partial charge on any atom is -0.492 e. The molecular formula is C18H20N4O3. The summed E-state index contributed by atoms with van der Waals surface area (Å²) >= 11 is 0. The van der Waals surface area contributed by atoms with Gasteiger partial charge in [-0.2, -0.15) is 0 Å². The molecule has 7 nitrogen and oxygen atoms in total. The summed E-state index contributed by atoms with van der Waals surface area (Å²) in [5.74, 6) is 0.742. The maximum Gasteiger partial charge on any atom is 0.271 e.